The molecule has 6 nitrogen and oxygen atoms in total. The molecule has 0 atom stereocenters. The summed E-state index contributed by atoms with van der Waals surface area (Å²) >= 11 is 0. The van der Waals surface area contributed by atoms with Gasteiger partial charge in [-0.25, -0.2) is 9.37 Å². The number of para-hydroxylation sites is 3. The van der Waals surface area contributed by atoms with E-state index in [-0.39, 0.29) is 11.2 Å². The Hall–Kier alpha value is -8.94. The molecule has 0 fully saturated rings. The molecule has 12 aromatic rings. The Morgan fingerprint density at radius 3 is 1.87 bits per heavy atom. The van der Waals surface area contributed by atoms with Crippen LogP contribution in [0.2, 0.25) is 0 Å². The highest BCUT2D eigenvalue weighted by Gasteiger charge is 2.23. The van der Waals surface area contributed by atoms with Crippen LogP contribution in [0.4, 0.5) is 27.1 Å². The van der Waals surface area contributed by atoms with Crippen LogP contribution in [0.15, 0.2) is 217 Å². The van der Waals surface area contributed by atoms with E-state index in [9.17, 15) is 4.39 Å². The van der Waals surface area contributed by atoms with Gasteiger partial charge in [-0.05, 0) is 125 Å². The first kappa shape index (κ1) is 43.3. The van der Waals surface area contributed by atoms with Gasteiger partial charge in [-0.1, -0.05) is 130 Å². The number of aromatic nitrogens is 2. The standard InChI is InChI=1S/C64H49FN4O2/c1-40-34-60(66-39-54(40)43-26-28-45(65)29-27-43)69-57-33-32-50-49-22-11-14-25-59(49)71-63(50)61(57)51-31-30-48(38-58(51)69)70-47-21-15-20-46(37-47)67-55-23-12-13-24-56(55)68-62-52(41-16-7-5-8-17-41)35-44(64(2,3)4)36-53(62)42-18-9-6-10-19-42/h5-39,67-68H,1-4H3. The zero-order chi connectivity index (χ0) is 48.2. The zero-order valence-corrected chi connectivity index (χ0v) is 39.8. The number of anilines is 4. The third kappa shape index (κ3) is 8.11. The fourth-order valence-corrected chi connectivity index (χ4v) is 9.83. The second-order valence-electron chi connectivity index (χ2n) is 19.2. The van der Waals surface area contributed by atoms with Crippen molar-refractivity contribution in [2.45, 2.75) is 33.1 Å². The van der Waals surface area contributed by atoms with Crippen molar-refractivity contribution in [2.24, 2.45) is 0 Å². The lowest BCUT2D eigenvalue weighted by molar-refractivity contribution is 0.483. The van der Waals surface area contributed by atoms with Crippen LogP contribution in [0.3, 0.4) is 0 Å². The van der Waals surface area contributed by atoms with Gasteiger partial charge in [-0.3, -0.25) is 4.57 Å². The van der Waals surface area contributed by atoms with Crippen molar-refractivity contribution in [3.05, 3.63) is 229 Å². The number of furan rings is 1. The van der Waals surface area contributed by atoms with Gasteiger partial charge in [-0.15, -0.1) is 0 Å². The van der Waals surface area contributed by atoms with Gasteiger partial charge in [0.2, 0.25) is 0 Å². The van der Waals surface area contributed by atoms with E-state index in [0.717, 1.165) is 111 Å². The molecular weight excluding hydrogens is 876 g/mol. The number of benzene rings is 9. The molecule has 0 unspecified atom stereocenters. The Kier molecular flexibility index (Phi) is 10.7. The van der Waals surface area contributed by atoms with Crippen molar-refractivity contribution in [3.8, 4) is 50.7 Å². The zero-order valence-electron chi connectivity index (χ0n) is 39.8. The second kappa shape index (κ2) is 17.5. The van der Waals surface area contributed by atoms with E-state index in [0.29, 0.717) is 11.5 Å². The highest BCUT2D eigenvalue weighted by molar-refractivity contribution is 6.24. The second-order valence-corrected chi connectivity index (χ2v) is 19.2. The van der Waals surface area contributed by atoms with Crippen LogP contribution in [0.1, 0.15) is 31.9 Å². The van der Waals surface area contributed by atoms with Crippen LogP contribution in [0, 0.1) is 12.7 Å². The van der Waals surface area contributed by atoms with Gasteiger partial charge >= 0.3 is 0 Å². The molecule has 0 saturated carbocycles. The molecule has 3 aromatic heterocycles. The lowest BCUT2D eigenvalue weighted by Gasteiger charge is -2.26. The topological polar surface area (TPSA) is 64.2 Å². The third-order valence-corrected chi connectivity index (χ3v) is 13.4. The quantitative estimate of drug-likeness (QED) is 0.143. The summed E-state index contributed by atoms with van der Waals surface area (Å²) in [6.45, 7) is 8.87. The van der Waals surface area contributed by atoms with Crippen molar-refractivity contribution in [1.29, 1.82) is 0 Å². The van der Waals surface area contributed by atoms with E-state index in [1.54, 1.807) is 12.1 Å². The van der Waals surface area contributed by atoms with Crippen LogP contribution >= 0.6 is 0 Å². The molecule has 3 heterocycles. The van der Waals surface area contributed by atoms with Crippen LogP contribution < -0.4 is 15.4 Å². The van der Waals surface area contributed by atoms with Gasteiger partial charge < -0.3 is 19.8 Å². The van der Waals surface area contributed by atoms with E-state index in [1.165, 1.54) is 17.7 Å². The summed E-state index contributed by atoms with van der Waals surface area (Å²) in [5, 5.41) is 11.8. The fourth-order valence-electron chi connectivity index (χ4n) is 9.83. The summed E-state index contributed by atoms with van der Waals surface area (Å²) in [5.41, 5.74) is 15.9. The Bertz CT molecular complexity index is 3900. The Labute approximate surface area is 411 Å². The van der Waals surface area contributed by atoms with E-state index in [1.807, 2.05) is 54.7 Å². The molecule has 7 heteroatoms. The van der Waals surface area contributed by atoms with Crippen molar-refractivity contribution < 1.29 is 13.5 Å². The summed E-state index contributed by atoms with van der Waals surface area (Å²) in [5.74, 6) is 1.82. The molecule has 0 aliphatic rings. The van der Waals surface area contributed by atoms with Gasteiger partial charge in [0.1, 0.15) is 34.3 Å². The molecule has 0 spiro atoms. The maximum Gasteiger partial charge on any atom is 0.145 e. The first-order valence-electron chi connectivity index (χ1n) is 23.9. The van der Waals surface area contributed by atoms with Crippen LogP contribution in [-0.2, 0) is 5.41 Å². The van der Waals surface area contributed by atoms with Gasteiger partial charge in [0.25, 0.3) is 0 Å². The smallest absolute Gasteiger partial charge is 0.145 e. The highest BCUT2D eigenvalue weighted by Crippen LogP contribution is 2.45. The van der Waals surface area contributed by atoms with Gasteiger partial charge in [0, 0.05) is 56.9 Å². The minimum Gasteiger partial charge on any atom is -0.457 e. The number of hydrogen-bond donors (Lipinski definition) is 2. The Morgan fingerprint density at radius 1 is 0.535 bits per heavy atom. The predicted molar refractivity (Wildman–Crippen MR) is 292 cm³/mol. The third-order valence-electron chi connectivity index (χ3n) is 13.4. The van der Waals surface area contributed by atoms with E-state index < -0.39 is 0 Å². The number of fused-ring (bicyclic) bond motifs is 7. The highest BCUT2D eigenvalue weighted by atomic mass is 19.1. The van der Waals surface area contributed by atoms with E-state index >= 15 is 0 Å². The van der Waals surface area contributed by atoms with E-state index in [4.69, 9.17) is 14.1 Å². The maximum atomic E-state index is 13.9. The molecule has 0 saturated heterocycles. The molecule has 0 amide bonds. The fraction of sp³-hybridized carbons (Fsp3) is 0.0781. The first-order chi connectivity index (χ1) is 34.6. The van der Waals surface area contributed by atoms with Gasteiger partial charge in [-0.2, -0.15) is 0 Å². The number of hydrogen-bond acceptors (Lipinski definition) is 5. The number of aryl methyl sites for hydroxylation is 1. The largest absolute Gasteiger partial charge is 0.457 e. The molecule has 2 N–H and O–H groups in total. The maximum absolute atomic E-state index is 13.9. The van der Waals surface area contributed by atoms with Crippen molar-refractivity contribution >= 4 is 66.5 Å². The molecule has 71 heavy (non-hydrogen) atoms. The summed E-state index contributed by atoms with van der Waals surface area (Å²) in [6.07, 6.45) is 1.87. The van der Waals surface area contributed by atoms with Crippen LogP contribution in [0.25, 0.3) is 82.9 Å². The molecule has 0 radical (unpaired) electrons. The number of halogens is 1. The summed E-state index contributed by atoms with van der Waals surface area (Å²) in [6, 6.07) is 69.6. The Balaban J connectivity index is 0.912. The predicted octanol–water partition coefficient (Wildman–Crippen LogP) is 18.1. The van der Waals surface area contributed by atoms with Gasteiger partial charge in [0.05, 0.1) is 33.5 Å². The summed E-state index contributed by atoms with van der Waals surface area (Å²) in [4.78, 5) is 5.04. The molecular formula is C64H49FN4O2. The van der Waals surface area contributed by atoms with Crippen LogP contribution in [-0.4, -0.2) is 9.55 Å². The van der Waals surface area contributed by atoms with Gasteiger partial charge in [0.15, 0.2) is 0 Å². The molecule has 0 aliphatic carbocycles. The lowest BCUT2D eigenvalue weighted by Crippen LogP contribution is -2.12. The minimum atomic E-state index is -0.272. The van der Waals surface area contributed by atoms with Crippen LogP contribution in [0.5, 0.6) is 11.5 Å². The minimum absolute atomic E-state index is 0.0690. The molecule has 344 valence electrons. The van der Waals surface area contributed by atoms with Crippen molar-refractivity contribution in [3.63, 3.8) is 0 Å². The molecule has 0 aliphatic heterocycles. The number of rotatable bonds is 10. The summed E-state index contributed by atoms with van der Waals surface area (Å²) < 4.78 is 29.4. The average molecular weight is 925 g/mol. The molecule has 0 bridgehead atoms. The normalized spacial score (nSPS) is 11.7. The SMILES string of the molecule is Cc1cc(-n2c3cc(Oc4cccc(Nc5ccccc5Nc5c(-c6ccccc6)cc(C(C)(C)C)cc5-c5ccccc5)c4)ccc3c3c4oc5ccccc5c4ccc32)ncc1-c1ccc(F)cc1. The number of ether oxygens (including phenoxy) is 1. The first-order valence-corrected chi connectivity index (χ1v) is 23.9. The van der Waals surface area contributed by atoms with Crippen molar-refractivity contribution in [2.75, 3.05) is 10.6 Å². The number of nitrogens with zero attached hydrogens (tertiary/aromatic N) is 2. The van der Waals surface area contributed by atoms with Crippen molar-refractivity contribution in [1.82, 2.24) is 9.55 Å². The number of pyridine rings is 1. The average Bonchev–Trinajstić information content (AvgIpc) is 3.93. The molecule has 12 rings (SSSR count). The Morgan fingerprint density at radius 2 is 1.17 bits per heavy atom. The number of nitrogens with one attached hydrogen (secondary N) is 2. The molecule has 9 aromatic carbocycles. The van der Waals surface area contributed by atoms with E-state index in [2.05, 4.69) is 176 Å². The monoisotopic (exact) mass is 924 g/mol. The summed E-state index contributed by atoms with van der Waals surface area (Å²) in [7, 11) is 0. The lowest BCUT2D eigenvalue weighted by atomic mass is 9.82.